The predicted molar refractivity (Wildman–Crippen MR) is 100 cm³/mol. The first-order valence-electron chi connectivity index (χ1n) is 7.48. The second-order valence-corrected chi connectivity index (χ2v) is 6.41. The molecule has 0 saturated carbocycles. The zero-order valence-electron chi connectivity index (χ0n) is 13.4. The molecule has 3 N–H and O–H groups in total. The number of ether oxygens (including phenoxy) is 1. The number of hydrogen-bond donors (Lipinski definition) is 3. The third-order valence-electron chi connectivity index (χ3n) is 3.42. The Labute approximate surface area is 165 Å². The maximum absolute atomic E-state index is 12.0. The Kier molecular flexibility index (Phi) is 5.43. The Hall–Kier alpha value is -2.91. The number of aromatic hydroxyl groups is 1. The number of aliphatic carboxylic acids is 1. The fourth-order valence-electron chi connectivity index (χ4n) is 2.22. The van der Waals surface area contributed by atoms with Crippen LogP contribution in [0.4, 0.5) is 0 Å². The number of benzene rings is 1. The highest BCUT2D eigenvalue weighted by Crippen LogP contribution is 2.34. The minimum atomic E-state index is -1.22. The molecule has 1 amide bonds. The third kappa shape index (κ3) is 4.09. The summed E-state index contributed by atoms with van der Waals surface area (Å²) < 4.78 is 5.82. The average Bonchev–Trinajstić information content (AvgIpc) is 2.64. The summed E-state index contributed by atoms with van der Waals surface area (Å²) in [5.41, 5.74) is -0.0657. The van der Waals surface area contributed by atoms with Crippen molar-refractivity contribution in [3.63, 3.8) is 0 Å². The Morgan fingerprint density at radius 2 is 1.93 bits per heavy atom. The van der Waals surface area contributed by atoms with E-state index >= 15 is 0 Å². The molecule has 27 heavy (non-hydrogen) atoms. The number of carboxylic acids is 1. The predicted octanol–water partition coefficient (Wildman–Crippen LogP) is 3.36. The Balaban J connectivity index is 1.97. The molecule has 0 unspecified atom stereocenters. The van der Waals surface area contributed by atoms with E-state index in [2.05, 4.69) is 31.2 Å². The maximum Gasteiger partial charge on any atom is 0.322 e. The molecular weight excluding hydrogens is 442 g/mol. The molecule has 0 bridgehead atoms. The first kappa shape index (κ1) is 18.9. The number of hydrogen-bond acceptors (Lipinski definition) is 6. The van der Waals surface area contributed by atoms with Gasteiger partial charge in [-0.3, -0.25) is 9.59 Å². The summed E-state index contributed by atoms with van der Waals surface area (Å²) in [6, 6.07) is 9.87. The largest absolute Gasteiger partial charge is 0.505 e. The molecule has 0 atom stereocenters. The number of aromatic nitrogens is 2. The number of pyridine rings is 2. The van der Waals surface area contributed by atoms with Crippen LogP contribution < -0.4 is 10.1 Å². The topological polar surface area (TPSA) is 122 Å². The maximum atomic E-state index is 12.0. The van der Waals surface area contributed by atoms with E-state index < -0.39 is 24.2 Å². The third-order valence-corrected chi connectivity index (χ3v) is 4.29. The molecule has 0 aliphatic rings. The number of carbonyl (C=O) groups is 2. The number of nitrogens with one attached hydrogen (secondary N) is 1. The summed E-state index contributed by atoms with van der Waals surface area (Å²) in [6.07, 6.45) is 0. The van der Waals surface area contributed by atoms with Crippen molar-refractivity contribution in [3.8, 4) is 17.4 Å². The van der Waals surface area contributed by atoms with Crippen molar-refractivity contribution < 1.29 is 24.5 Å². The molecule has 10 heteroatoms. The van der Waals surface area contributed by atoms with Gasteiger partial charge in [-0.2, -0.15) is 0 Å². The molecule has 0 radical (unpaired) electrons. The van der Waals surface area contributed by atoms with Gasteiger partial charge in [-0.1, -0.05) is 23.7 Å². The smallest absolute Gasteiger partial charge is 0.322 e. The zero-order valence-corrected chi connectivity index (χ0v) is 15.8. The van der Waals surface area contributed by atoms with Crippen LogP contribution >= 0.6 is 27.5 Å². The van der Waals surface area contributed by atoms with Gasteiger partial charge in [0.05, 0.1) is 5.02 Å². The monoisotopic (exact) mass is 451 g/mol. The molecule has 2 aromatic heterocycles. The molecule has 0 spiro atoms. The number of carboxylic acid groups (broad SMARTS) is 1. The van der Waals surface area contributed by atoms with Crippen molar-refractivity contribution in [1.29, 1.82) is 0 Å². The van der Waals surface area contributed by atoms with E-state index in [0.29, 0.717) is 10.8 Å². The Morgan fingerprint density at radius 3 is 2.63 bits per heavy atom. The molecule has 0 fully saturated rings. The van der Waals surface area contributed by atoms with Crippen molar-refractivity contribution >= 4 is 50.3 Å². The minimum Gasteiger partial charge on any atom is -0.505 e. The molecule has 0 saturated heterocycles. The minimum absolute atomic E-state index is 0.181. The van der Waals surface area contributed by atoms with Crippen LogP contribution in [-0.2, 0) is 4.79 Å². The van der Waals surface area contributed by atoms with Gasteiger partial charge in [-0.15, -0.1) is 0 Å². The lowest BCUT2D eigenvalue weighted by molar-refractivity contribution is -0.135. The lowest BCUT2D eigenvalue weighted by Gasteiger charge is -2.11. The summed E-state index contributed by atoms with van der Waals surface area (Å²) >= 11 is 9.26. The summed E-state index contributed by atoms with van der Waals surface area (Å²) in [5.74, 6) is -1.85. The van der Waals surface area contributed by atoms with E-state index in [9.17, 15) is 14.7 Å². The van der Waals surface area contributed by atoms with Crippen molar-refractivity contribution in [2.45, 2.75) is 0 Å². The molecule has 8 nitrogen and oxygen atoms in total. The molecule has 0 aliphatic heterocycles. The SMILES string of the molecule is O=C(O)CNC(=O)c1nc(Br)c2nc(Oc3ccccc3Cl)ccc2c1O. The van der Waals surface area contributed by atoms with Crippen LogP contribution in [0.15, 0.2) is 41.0 Å². The van der Waals surface area contributed by atoms with Crippen LogP contribution in [0.2, 0.25) is 5.02 Å². The van der Waals surface area contributed by atoms with E-state index in [4.69, 9.17) is 21.4 Å². The van der Waals surface area contributed by atoms with Crippen molar-refractivity contribution in [3.05, 3.63) is 51.7 Å². The van der Waals surface area contributed by atoms with Crippen molar-refractivity contribution in [2.75, 3.05) is 6.54 Å². The number of fused-ring (bicyclic) bond motifs is 1. The number of nitrogens with zero attached hydrogens (tertiary/aromatic N) is 2. The number of rotatable bonds is 5. The van der Waals surface area contributed by atoms with E-state index in [1.54, 1.807) is 24.3 Å². The molecule has 2 heterocycles. The summed E-state index contributed by atoms with van der Waals surface area (Å²) in [7, 11) is 0. The molecule has 1 aromatic carbocycles. The highest BCUT2D eigenvalue weighted by atomic mass is 79.9. The highest BCUT2D eigenvalue weighted by Gasteiger charge is 2.20. The van der Waals surface area contributed by atoms with Crippen LogP contribution in [0, 0.1) is 0 Å². The molecule has 3 aromatic rings. The van der Waals surface area contributed by atoms with Gasteiger partial charge < -0.3 is 20.3 Å². The van der Waals surface area contributed by atoms with Gasteiger partial charge in [0.15, 0.2) is 11.4 Å². The van der Waals surface area contributed by atoms with Crippen LogP contribution in [0.5, 0.6) is 17.4 Å². The van der Waals surface area contributed by atoms with Crippen molar-refractivity contribution in [1.82, 2.24) is 15.3 Å². The Bertz CT molecular complexity index is 1060. The standard InChI is InChI=1S/C17H11BrClN3O5/c18-16-13-8(15(25)14(22-16)17(26)20-7-12(23)24)5-6-11(21-13)27-10-4-2-1-3-9(10)19/h1-6,25H,7H2,(H,20,26)(H,23,24). The first-order valence-corrected chi connectivity index (χ1v) is 8.65. The molecular formula is C17H11BrClN3O5. The normalized spacial score (nSPS) is 10.6. The van der Waals surface area contributed by atoms with Gasteiger partial charge in [0, 0.05) is 11.5 Å². The van der Waals surface area contributed by atoms with Crippen LogP contribution in [0.3, 0.4) is 0 Å². The number of para-hydroxylation sites is 1. The lowest BCUT2D eigenvalue weighted by Crippen LogP contribution is -2.30. The van der Waals surface area contributed by atoms with Gasteiger partial charge in [0.2, 0.25) is 5.88 Å². The number of amides is 1. The van der Waals surface area contributed by atoms with E-state index in [-0.39, 0.29) is 27.1 Å². The van der Waals surface area contributed by atoms with Gasteiger partial charge in [0.1, 0.15) is 22.4 Å². The van der Waals surface area contributed by atoms with Crippen LogP contribution in [0.1, 0.15) is 10.5 Å². The van der Waals surface area contributed by atoms with Gasteiger partial charge >= 0.3 is 5.97 Å². The summed E-state index contributed by atoms with van der Waals surface area (Å²) in [5, 5.41) is 21.8. The molecule has 0 aliphatic carbocycles. The fraction of sp³-hybridized carbons (Fsp3) is 0.0588. The van der Waals surface area contributed by atoms with Gasteiger partial charge in [-0.05, 0) is 34.1 Å². The number of halogens is 2. The second-order valence-electron chi connectivity index (χ2n) is 5.25. The summed E-state index contributed by atoms with van der Waals surface area (Å²) in [6.45, 7) is -0.599. The first-order chi connectivity index (χ1) is 12.9. The average molecular weight is 453 g/mol. The summed E-state index contributed by atoms with van der Waals surface area (Å²) in [4.78, 5) is 30.8. The fourth-order valence-corrected chi connectivity index (χ4v) is 2.87. The molecule has 3 rings (SSSR count). The molecule has 138 valence electrons. The van der Waals surface area contributed by atoms with Gasteiger partial charge in [0.25, 0.3) is 5.91 Å². The van der Waals surface area contributed by atoms with E-state index in [1.807, 2.05) is 0 Å². The number of carbonyl (C=O) groups excluding carboxylic acids is 1. The van der Waals surface area contributed by atoms with E-state index in [1.165, 1.54) is 12.1 Å². The van der Waals surface area contributed by atoms with Gasteiger partial charge in [-0.25, -0.2) is 9.97 Å². The second kappa shape index (κ2) is 7.77. The zero-order chi connectivity index (χ0) is 19.6. The van der Waals surface area contributed by atoms with Crippen LogP contribution in [-0.4, -0.2) is 38.6 Å². The van der Waals surface area contributed by atoms with Crippen LogP contribution in [0.25, 0.3) is 10.9 Å². The Morgan fingerprint density at radius 1 is 1.19 bits per heavy atom. The lowest BCUT2D eigenvalue weighted by atomic mass is 10.2. The quantitative estimate of drug-likeness (QED) is 0.507. The van der Waals surface area contributed by atoms with Crippen molar-refractivity contribution in [2.24, 2.45) is 0 Å². The highest BCUT2D eigenvalue weighted by molar-refractivity contribution is 9.10. The van der Waals surface area contributed by atoms with E-state index in [0.717, 1.165) is 0 Å².